The quantitative estimate of drug-likeness (QED) is 0.220. The molecule has 2 heterocycles. The lowest BCUT2D eigenvalue weighted by Gasteiger charge is -2.09. The third-order valence-corrected chi connectivity index (χ3v) is 7.30. The van der Waals surface area contributed by atoms with Gasteiger partial charge in [-0.3, -0.25) is 14.9 Å². The topological polar surface area (TPSA) is 130 Å². The smallest absolute Gasteiger partial charge is 0.255 e. The van der Waals surface area contributed by atoms with Crippen molar-refractivity contribution in [1.82, 2.24) is 20.4 Å². The Morgan fingerprint density at radius 2 is 1.27 bits per heavy atom. The molecule has 3 N–H and O–H groups in total. The standard InChI is InChI=1S/C26H28N6O3S2/c33-20(17-19-11-5-2-6-12-19)24(35)28-26-32-30-23(37-26)14-8-7-13-22-29-31-25(36-22)27-21(34)16-15-18-9-3-1-4-10-18/h1-6,9-12,20,33H,7-8,13-17H2,(H,27,31,34)(H,28,32,35). The summed E-state index contributed by atoms with van der Waals surface area (Å²) in [5.74, 6) is -0.566. The van der Waals surface area contributed by atoms with Crippen LogP contribution in [0.1, 0.15) is 40.4 Å². The van der Waals surface area contributed by atoms with E-state index < -0.39 is 12.0 Å². The molecule has 0 spiro atoms. The number of hydrogen-bond acceptors (Lipinski definition) is 9. The van der Waals surface area contributed by atoms with Crippen molar-refractivity contribution in [3.63, 3.8) is 0 Å². The summed E-state index contributed by atoms with van der Waals surface area (Å²) in [7, 11) is 0. The van der Waals surface area contributed by atoms with Crippen LogP contribution in [0.15, 0.2) is 60.7 Å². The Morgan fingerprint density at radius 1 is 0.730 bits per heavy atom. The largest absolute Gasteiger partial charge is 0.383 e. The predicted molar refractivity (Wildman–Crippen MR) is 145 cm³/mol. The lowest BCUT2D eigenvalue weighted by atomic mass is 10.1. The van der Waals surface area contributed by atoms with Crippen molar-refractivity contribution in [1.29, 1.82) is 0 Å². The SMILES string of the molecule is O=C(CCc1ccccc1)Nc1nnc(CCCCc2nnc(NC(=O)C(O)Cc3ccccc3)s2)s1. The molecule has 11 heteroatoms. The Hall–Kier alpha value is -3.54. The van der Waals surface area contributed by atoms with Gasteiger partial charge in [0.1, 0.15) is 16.1 Å². The number of aryl methyl sites for hydroxylation is 3. The highest BCUT2D eigenvalue weighted by Crippen LogP contribution is 2.20. The van der Waals surface area contributed by atoms with Crippen LogP contribution in [-0.2, 0) is 35.3 Å². The van der Waals surface area contributed by atoms with Gasteiger partial charge in [-0.1, -0.05) is 83.3 Å². The molecule has 0 saturated heterocycles. The van der Waals surface area contributed by atoms with Crippen LogP contribution in [0.5, 0.6) is 0 Å². The van der Waals surface area contributed by atoms with Crippen LogP contribution >= 0.6 is 22.7 Å². The molecular formula is C26H28N6O3S2. The van der Waals surface area contributed by atoms with Crippen LogP contribution < -0.4 is 10.6 Å². The number of nitrogens with zero attached hydrogens (tertiary/aromatic N) is 4. The highest BCUT2D eigenvalue weighted by Gasteiger charge is 2.17. The summed E-state index contributed by atoms with van der Waals surface area (Å²) in [4.78, 5) is 24.4. The average Bonchev–Trinajstić information content (AvgIpc) is 3.55. The number of benzene rings is 2. The van der Waals surface area contributed by atoms with E-state index in [0.717, 1.165) is 46.8 Å². The van der Waals surface area contributed by atoms with Gasteiger partial charge in [-0.2, -0.15) is 0 Å². The van der Waals surface area contributed by atoms with Crippen molar-refractivity contribution >= 4 is 44.8 Å². The van der Waals surface area contributed by atoms with E-state index in [4.69, 9.17) is 0 Å². The van der Waals surface area contributed by atoms with Gasteiger partial charge in [0.05, 0.1) is 0 Å². The third-order valence-electron chi connectivity index (χ3n) is 5.50. The first-order chi connectivity index (χ1) is 18.0. The first-order valence-electron chi connectivity index (χ1n) is 12.1. The van der Waals surface area contributed by atoms with Crippen LogP contribution in [0.4, 0.5) is 10.3 Å². The number of carbonyl (C=O) groups excluding carboxylic acids is 2. The molecular weight excluding hydrogens is 508 g/mol. The van der Waals surface area contributed by atoms with Crippen LogP contribution in [0, 0.1) is 0 Å². The van der Waals surface area contributed by atoms with Crippen LogP contribution in [0.2, 0.25) is 0 Å². The molecule has 37 heavy (non-hydrogen) atoms. The zero-order valence-corrected chi connectivity index (χ0v) is 21.8. The molecule has 2 amide bonds. The molecule has 0 radical (unpaired) electrons. The van der Waals surface area contributed by atoms with Gasteiger partial charge >= 0.3 is 0 Å². The first-order valence-corrected chi connectivity index (χ1v) is 13.7. The van der Waals surface area contributed by atoms with Crippen molar-refractivity contribution in [2.24, 2.45) is 0 Å². The number of aliphatic hydroxyl groups is 1. The van der Waals surface area contributed by atoms with Gasteiger partial charge in [0, 0.05) is 25.7 Å². The number of aromatic nitrogens is 4. The maximum absolute atomic E-state index is 12.3. The zero-order valence-electron chi connectivity index (χ0n) is 20.2. The fraction of sp³-hybridized carbons (Fsp3) is 0.308. The van der Waals surface area contributed by atoms with E-state index in [1.165, 1.54) is 22.7 Å². The molecule has 2 aromatic carbocycles. The number of amides is 2. The van der Waals surface area contributed by atoms with E-state index in [-0.39, 0.29) is 12.3 Å². The van der Waals surface area contributed by atoms with Gasteiger partial charge in [0.15, 0.2) is 0 Å². The van der Waals surface area contributed by atoms with Crippen molar-refractivity contribution in [3.8, 4) is 0 Å². The molecule has 2 aromatic heterocycles. The molecule has 0 aliphatic carbocycles. The second-order valence-corrected chi connectivity index (χ2v) is 10.6. The maximum Gasteiger partial charge on any atom is 0.255 e. The Labute approximate surface area is 223 Å². The minimum atomic E-state index is -1.15. The normalized spacial score (nSPS) is 11.7. The molecule has 192 valence electrons. The minimum Gasteiger partial charge on any atom is -0.383 e. The number of anilines is 2. The van der Waals surface area contributed by atoms with E-state index in [2.05, 4.69) is 31.0 Å². The van der Waals surface area contributed by atoms with Crippen LogP contribution in [0.3, 0.4) is 0 Å². The van der Waals surface area contributed by atoms with E-state index in [1.54, 1.807) is 0 Å². The summed E-state index contributed by atoms with van der Waals surface area (Å²) in [6.45, 7) is 0. The molecule has 9 nitrogen and oxygen atoms in total. The lowest BCUT2D eigenvalue weighted by molar-refractivity contribution is -0.124. The van der Waals surface area contributed by atoms with E-state index in [1.807, 2.05) is 60.7 Å². The second kappa shape index (κ2) is 13.7. The molecule has 4 rings (SSSR count). The van der Waals surface area contributed by atoms with Gasteiger partial charge < -0.3 is 10.4 Å². The Kier molecular flexibility index (Phi) is 9.81. The number of carbonyl (C=O) groups is 2. The summed E-state index contributed by atoms with van der Waals surface area (Å²) in [6, 6.07) is 19.3. The zero-order chi connectivity index (χ0) is 25.9. The summed E-state index contributed by atoms with van der Waals surface area (Å²) in [6.07, 6.45) is 3.40. The van der Waals surface area contributed by atoms with Crippen molar-refractivity contribution in [3.05, 3.63) is 81.8 Å². The second-order valence-electron chi connectivity index (χ2n) is 8.44. The highest BCUT2D eigenvalue weighted by atomic mass is 32.1. The van der Waals surface area contributed by atoms with Gasteiger partial charge in [0.25, 0.3) is 5.91 Å². The maximum atomic E-state index is 12.3. The highest BCUT2D eigenvalue weighted by molar-refractivity contribution is 7.15. The average molecular weight is 537 g/mol. The summed E-state index contributed by atoms with van der Waals surface area (Å²) >= 11 is 2.70. The molecule has 1 atom stereocenters. The molecule has 0 saturated carbocycles. The molecule has 0 aliphatic rings. The summed E-state index contributed by atoms with van der Waals surface area (Å²) < 4.78 is 0. The minimum absolute atomic E-state index is 0.0710. The molecule has 4 aromatic rings. The Balaban J connectivity index is 1.13. The third kappa shape index (κ3) is 8.81. The Morgan fingerprint density at radius 3 is 1.86 bits per heavy atom. The predicted octanol–water partition coefficient (Wildman–Crippen LogP) is 4.07. The van der Waals surface area contributed by atoms with Crippen LogP contribution in [-0.4, -0.2) is 43.4 Å². The van der Waals surface area contributed by atoms with E-state index >= 15 is 0 Å². The fourth-order valence-electron chi connectivity index (χ4n) is 3.57. The summed E-state index contributed by atoms with van der Waals surface area (Å²) in [5.41, 5.74) is 2.01. The molecule has 0 aliphatic heterocycles. The lowest BCUT2D eigenvalue weighted by Crippen LogP contribution is -2.29. The number of aliphatic hydroxyl groups excluding tert-OH is 1. The number of nitrogens with one attached hydrogen (secondary N) is 2. The Bertz CT molecular complexity index is 1280. The first kappa shape index (κ1) is 26.5. The molecule has 1 unspecified atom stereocenters. The van der Waals surface area contributed by atoms with Gasteiger partial charge in [-0.15, -0.1) is 20.4 Å². The number of rotatable bonds is 13. The number of unbranched alkanes of at least 4 members (excludes halogenated alkanes) is 1. The van der Waals surface area contributed by atoms with E-state index in [0.29, 0.717) is 23.1 Å². The van der Waals surface area contributed by atoms with Crippen molar-refractivity contribution in [2.45, 2.75) is 51.0 Å². The van der Waals surface area contributed by atoms with Gasteiger partial charge in [-0.25, -0.2) is 0 Å². The number of hydrogen-bond donors (Lipinski definition) is 3. The summed E-state index contributed by atoms with van der Waals surface area (Å²) in [5, 5.41) is 34.6. The van der Waals surface area contributed by atoms with Crippen LogP contribution in [0.25, 0.3) is 0 Å². The monoisotopic (exact) mass is 536 g/mol. The van der Waals surface area contributed by atoms with Crippen molar-refractivity contribution < 1.29 is 14.7 Å². The van der Waals surface area contributed by atoms with Gasteiger partial charge in [0.2, 0.25) is 16.2 Å². The molecule has 0 fully saturated rings. The van der Waals surface area contributed by atoms with Gasteiger partial charge in [-0.05, 0) is 30.4 Å². The molecule has 0 bridgehead atoms. The fourth-order valence-corrected chi connectivity index (χ4v) is 5.15. The van der Waals surface area contributed by atoms with Crippen molar-refractivity contribution in [2.75, 3.05) is 10.6 Å². The van der Waals surface area contributed by atoms with E-state index in [9.17, 15) is 14.7 Å².